The van der Waals surface area contributed by atoms with Crippen molar-refractivity contribution in [1.29, 1.82) is 5.26 Å². The van der Waals surface area contributed by atoms with Crippen LogP contribution in [0.2, 0.25) is 0 Å². The fourth-order valence-electron chi connectivity index (χ4n) is 2.08. The van der Waals surface area contributed by atoms with Crippen molar-refractivity contribution in [2.24, 2.45) is 0 Å². The van der Waals surface area contributed by atoms with Crippen LogP contribution in [0.15, 0.2) is 28.7 Å². The van der Waals surface area contributed by atoms with E-state index in [1.54, 1.807) is 0 Å². The standard InChI is InChI=1S/C16H23BrN2/c1-3-4-5-6-7-12-16(2,13-18)19-15-10-8-14(17)9-11-15/h8-11,19H,3-7,12H2,1-2H3. The third-order valence-electron chi connectivity index (χ3n) is 3.29. The maximum absolute atomic E-state index is 9.38. The number of halogens is 1. The first-order valence-electron chi connectivity index (χ1n) is 7.04. The molecule has 0 aliphatic rings. The van der Waals surface area contributed by atoms with Crippen LogP contribution in [0.3, 0.4) is 0 Å². The van der Waals surface area contributed by atoms with Crippen molar-refractivity contribution in [2.45, 2.75) is 57.9 Å². The van der Waals surface area contributed by atoms with Gasteiger partial charge in [-0.2, -0.15) is 5.26 Å². The van der Waals surface area contributed by atoms with E-state index in [0.717, 1.165) is 23.0 Å². The summed E-state index contributed by atoms with van der Waals surface area (Å²) >= 11 is 3.42. The molecule has 0 heterocycles. The molecule has 0 saturated carbocycles. The van der Waals surface area contributed by atoms with Gasteiger partial charge in [0.25, 0.3) is 0 Å². The Balaban J connectivity index is 2.46. The van der Waals surface area contributed by atoms with Crippen molar-refractivity contribution in [3.8, 4) is 6.07 Å². The van der Waals surface area contributed by atoms with E-state index in [9.17, 15) is 5.26 Å². The maximum atomic E-state index is 9.38. The number of hydrogen-bond donors (Lipinski definition) is 1. The fraction of sp³-hybridized carbons (Fsp3) is 0.562. The van der Waals surface area contributed by atoms with Crippen LogP contribution in [0.1, 0.15) is 52.4 Å². The highest BCUT2D eigenvalue weighted by Gasteiger charge is 2.22. The van der Waals surface area contributed by atoms with E-state index in [0.29, 0.717) is 0 Å². The predicted molar refractivity (Wildman–Crippen MR) is 85.2 cm³/mol. The van der Waals surface area contributed by atoms with Crippen molar-refractivity contribution in [1.82, 2.24) is 0 Å². The highest BCUT2D eigenvalue weighted by Crippen LogP contribution is 2.22. The van der Waals surface area contributed by atoms with E-state index in [1.165, 1.54) is 25.7 Å². The van der Waals surface area contributed by atoms with Crippen molar-refractivity contribution >= 4 is 21.6 Å². The quantitative estimate of drug-likeness (QED) is 0.641. The molecule has 2 nitrogen and oxygen atoms in total. The van der Waals surface area contributed by atoms with Crippen LogP contribution in [0.4, 0.5) is 5.69 Å². The zero-order valence-electron chi connectivity index (χ0n) is 11.9. The minimum Gasteiger partial charge on any atom is -0.368 e. The minimum absolute atomic E-state index is 0.472. The first-order chi connectivity index (χ1) is 9.09. The zero-order valence-corrected chi connectivity index (χ0v) is 13.5. The monoisotopic (exact) mass is 322 g/mol. The summed E-state index contributed by atoms with van der Waals surface area (Å²) in [5.74, 6) is 0. The van der Waals surface area contributed by atoms with Gasteiger partial charge in [-0.3, -0.25) is 0 Å². The minimum atomic E-state index is -0.472. The Morgan fingerprint density at radius 1 is 1.16 bits per heavy atom. The molecule has 0 spiro atoms. The summed E-state index contributed by atoms with van der Waals surface area (Å²) in [6, 6.07) is 10.4. The van der Waals surface area contributed by atoms with E-state index in [-0.39, 0.29) is 0 Å². The van der Waals surface area contributed by atoms with E-state index in [4.69, 9.17) is 0 Å². The average Bonchev–Trinajstić information content (AvgIpc) is 2.41. The summed E-state index contributed by atoms with van der Waals surface area (Å²) in [7, 11) is 0. The summed E-state index contributed by atoms with van der Waals surface area (Å²) < 4.78 is 1.05. The third-order valence-corrected chi connectivity index (χ3v) is 3.82. The van der Waals surface area contributed by atoms with Crippen molar-refractivity contribution < 1.29 is 0 Å². The molecular weight excluding hydrogens is 300 g/mol. The van der Waals surface area contributed by atoms with Gasteiger partial charge in [0.2, 0.25) is 0 Å². The smallest absolute Gasteiger partial charge is 0.122 e. The van der Waals surface area contributed by atoms with Crippen LogP contribution in [0.25, 0.3) is 0 Å². The Hall–Kier alpha value is -1.01. The molecule has 0 radical (unpaired) electrons. The Morgan fingerprint density at radius 3 is 2.37 bits per heavy atom. The molecule has 1 aromatic carbocycles. The van der Waals surface area contributed by atoms with E-state index in [2.05, 4.69) is 34.2 Å². The Morgan fingerprint density at radius 2 is 1.79 bits per heavy atom. The highest BCUT2D eigenvalue weighted by atomic mass is 79.9. The molecule has 1 atom stereocenters. The lowest BCUT2D eigenvalue weighted by Crippen LogP contribution is -2.32. The third kappa shape index (κ3) is 6.11. The number of benzene rings is 1. The van der Waals surface area contributed by atoms with Gasteiger partial charge in [-0.15, -0.1) is 0 Å². The van der Waals surface area contributed by atoms with Crippen molar-refractivity contribution in [3.05, 3.63) is 28.7 Å². The molecule has 19 heavy (non-hydrogen) atoms. The highest BCUT2D eigenvalue weighted by molar-refractivity contribution is 9.10. The van der Waals surface area contributed by atoms with Gasteiger partial charge in [0.05, 0.1) is 6.07 Å². The van der Waals surface area contributed by atoms with Gasteiger partial charge in [0.1, 0.15) is 5.54 Å². The lowest BCUT2D eigenvalue weighted by molar-refractivity contribution is 0.522. The van der Waals surface area contributed by atoms with Crippen LogP contribution in [-0.2, 0) is 0 Å². The number of hydrogen-bond acceptors (Lipinski definition) is 2. The van der Waals surface area contributed by atoms with E-state index < -0.39 is 5.54 Å². The Labute approximate surface area is 125 Å². The molecule has 0 aromatic heterocycles. The van der Waals surface area contributed by atoms with Gasteiger partial charge in [0.15, 0.2) is 0 Å². The molecule has 0 bridgehead atoms. The first-order valence-corrected chi connectivity index (χ1v) is 7.84. The van der Waals surface area contributed by atoms with Crippen LogP contribution < -0.4 is 5.32 Å². The number of anilines is 1. The SMILES string of the molecule is CCCCCCCC(C)(C#N)Nc1ccc(Br)cc1. The van der Waals surface area contributed by atoms with Crippen LogP contribution in [0.5, 0.6) is 0 Å². The van der Waals surface area contributed by atoms with Gasteiger partial charge in [-0.25, -0.2) is 0 Å². The maximum Gasteiger partial charge on any atom is 0.122 e. The zero-order chi connectivity index (χ0) is 14.1. The van der Waals surface area contributed by atoms with Gasteiger partial charge in [0, 0.05) is 10.2 Å². The second-order valence-corrected chi connectivity index (χ2v) is 6.16. The summed E-state index contributed by atoms with van der Waals surface area (Å²) in [6.07, 6.45) is 7.04. The van der Waals surface area contributed by atoms with Gasteiger partial charge < -0.3 is 5.32 Å². The molecule has 0 amide bonds. The molecule has 0 aliphatic heterocycles. The van der Waals surface area contributed by atoms with E-state index >= 15 is 0 Å². The van der Waals surface area contributed by atoms with Gasteiger partial charge in [-0.05, 0) is 37.6 Å². The first kappa shape index (κ1) is 16.0. The molecule has 1 N–H and O–H groups in total. The van der Waals surface area contributed by atoms with Crippen molar-refractivity contribution in [3.63, 3.8) is 0 Å². The lowest BCUT2D eigenvalue weighted by Gasteiger charge is -2.24. The van der Waals surface area contributed by atoms with Gasteiger partial charge >= 0.3 is 0 Å². The molecular formula is C16H23BrN2. The molecule has 104 valence electrons. The number of nitrogens with zero attached hydrogens (tertiary/aromatic N) is 1. The number of rotatable bonds is 8. The largest absolute Gasteiger partial charge is 0.368 e. The molecule has 0 saturated heterocycles. The van der Waals surface area contributed by atoms with Gasteiger partial charge in [-0.1, -0.05) is 55.0 Å². The summed E-state index contributed by atoms with van der Waals surface area (Å²) in [5, 5.41) is 12.7. The Bertz CT molecular complexity index is 408. The molecule has 0 fully saturated rings. The summed E-state index contributed by atoms with van der Waals surface area (Å²) in [5.41, 5.74) is 0.529. The van der Waals surface area contributed by atoms with Crippen LogP contribution in [0, 0.1) is 11.3 Å². The average molecular weight is 323 g/mol. The normalized spacial score (nSPS) is 13.6. The lowest BCUT2D eigenvalue weighted by atomic mass is 9.95. The summed E-state index contributed by atoms with van der Waals surface area (Å²) in [6.45, 7) is 4.20. The van der Waals surface area contributed by atoms with Crippen LogP contribution in [-0.4, -0.2) is 5.54 Å². The molecule has 1 rings (SSSR count). The van der Waals surface area contributed by atoms with Crippen LogP contribution >= 0.6 is 15.9 Å². The molecule has 0 aliphatic carbocycles. The second kappa shape index (κ2) is 8.22. The molecule has 3 heteroatoms. The fourth-order valence-corrected chi connectivity index (χ4v) is 2.34. The molecule has 1 unspecified atom stereocenters. The number of nitriles is 1. The number of nitrogens with one attached hydrogen (secondary N) is 1. The predicted octanol–water partition coefficient (Wildman–Crippen LogP) is 5.50. The molecule has 1 aromatic rings. The second-order valence-electron chi connectivity index (χ2n) is 5.24. The summed E-state index contributed by atoms with van der Waals surface area (Å²) in [4.78, 5) is 0. The number of unbranched alkanes of at least 4 members (excludes halogenated alkanes) is 4. The van der Waals surface area contributed by atoms with E-state index in [1.807, 2.05) is 31.2 Å². The van der Waals surface area contributed by atoms with Crippen molar-refractivity contribution in [2.75, 3.05) is 5.32 Å². The Kier molecular flexibility index (Phi) is 6.94. The topological polar surface area (TPSA) is 35.8 Å².